The van der Waals surface area contributed by atoms with Crippen molar-refractivity contribution in [2.24, 2.45) is 5.92 Å². The molecule has 20 heavy (non-hydrogen) atoms. The molecule has 0 aromatic carbocycles. The van der Waals surface area contributed by atoms with Crippen molar-refractivity contribution in [1.29, 1.82) is 0 Å². The smallest absolute Gasteiger partial charge is 0.389 e. The monoisotopic (exact) mass is 351 g/mol. The Balaban J connectivity index is 2.82. The molecule has 0 unspecified atom stereocenters. The molecule has 1 aromatic rings. The predicted octanol–water partition coefficient (Wildman–Crippen LogP) is 2.63. The Morgan fingerprint density at radius 2 is 2.10 bits per heavy atom. The SMILES string of the molecule is C[C@H](CC(F)(F)F)[C@@H](CO)NS(=O)(=O)c1cc(Cl)cs1. The maximum absolute atomic E-state index is 12.3. The van der Waals surface area contributed by atoms with Crippen molar-refractivity contribution in [3.05, 3.63) is 16.5 Å². The molecule has 0 radical (unpaired) electrons. The number of thiophene rings is 1. The number of hydrogen-bond donors (Lipinski definition) is 2. The first kappa shape index (κ1) is 17.7. The molecule has 0 spiro atoms. The summed E-state index contributed by atoms with van der Waals surface area (Å²) in [6, 6.07) is -0.0280. The summed E-state index contributed by atoms with van der Waals surface area (Å²) in [5, 5.41) is 10.7. The minimum absolute atomic E-state index is 0.111. The average Bonchev–Trinajstić information content (AvgIpc) is 2.71. The fraction of sp³-hybridized carbons (Fsp3) is 0.600. The molecule has 0 saturated heterocycles. The average molecular weight is 352 g/mol. The molecule has 1 heterocycles. The van der Waals surface area contributed by atoms with Gasteiger partial charge < -0.3 is 5.11 Å². The van der Waals surface area contributed by atoms with E-state index in [1.54, 1.807) is 0 Å². The first-order valence-electron chi connectivity index (χ1n) is 5.49. The van der Waals surface area contributed by atoms with Gasteiger partial charge in [0.25, 0.3) is 0 Å². The van der Waals surface area contributed by atoms with Crippen molar-refractivity contribution in [2.75, 3.05) is 6.61 Å². The highest BCUT2D eigenvalue weighted by Gasteiger charge is 2.35. The van der Waals surface area contributed by atoms with Crippen LogP contribution < -0.4 is 4.72 Å². The molecule has 1 rings (SSSR count). The summed E-state index contributed by atoms with van der Waals surface area (Å²) in [6.45, 7) is 0.494. The second-order valence-corrected chi connectivity index (χ2v) is 7.58. The topological polar surface area (TPSA) is 66.4 Å². The summed E-state index contributed by atoms with van der Waals surface area (Å²) in [4.78, 5) is 0. The van der Waals surface area contributed by atoms with Crippen LogP contribution in [0.4, 0.5) is 13.2 Å². The number of aliphatic hydroxyl groups is 1. The van der Waals surface area contributed by atoms with Crippen LogP contribution in [0.15, 0.2) is 15.7 Å². The fourth-order valence-corrected chi connectivity index (χ4v) is 4.30. The fourth-order valence-electron chi connectivity index (χ4n) is 1.53. The Morgan fingerprint density at radius 1 is 1.50 bits per heavy atom. The molecule has 116 valence electrons. The molecule has 0 aliphatic rings. The molecule has 10 heteroatoms. The van der Waals surface area contributed by atoms with Crippen molar-refractivity contribution < 1.29 is 26.7 Å². The molecule has 0 bridgehead atoms. The van der Waals surface area contributed by atoms with Crippen molar-refractivity contribution >= 4 is 33.0 Å². The molecule has 0 aliphatic carbocycles. The van der Waals surface area contributed by atoms with Gasteiger partial charge in [-0.1, -0.05) is 18.5 Å². The lowest BCUT2D eigenvalue weighted by Crippen LogP contribution is -2.43. The van der Waals surface area contributed by atoms with E-state index in [4.69, 9.17) is 16.7 Å². The zero-order chi connectivity index (χ0) is 15.6. The third-order valence-corrected chi connectivity index (χ3v) is 5.83. The van der Waals surface area contributed by atoms with E-state index in [0.29, 0.717) is 0 Å². The molecular weight excluding hydrogens is 339 g/mol. The minimum atomic E-state index is -4.43. The normalized spacial score (nSPS) is 16.1. The molecule has 0 saturated carbocycles. The van der Waals surface area contributed by atoms with Crippen molar-refractivity contribution in [3.63, 3.8) is 0 Å². The van der Waals surface area contributed by atoms with Gasteiger partial charge in [-0.15, -0.1) is 11.3 Å². The van der Waals surface area contributed by atoms with E-state index in [1.165, 1.54) is 18.4 Å². The van der Waals surface area contributed by atoms with Gasteiger partial charge in [-0.3, -0.25) is 0 Å². The van der Waals surface area contributed by atoms with Crippen molar-refractivity contribution in [3.8, 4) is 0 Å². The second kappa shape index (κ2) is 6.61. The lowest BCUT2D eigenvalue weighted by Gasteiger charge is -2.23. The third-order valence-electron chi connectivity index (χ3n) is 2.55. The van der Waals surface area contributed by atoms with Gasteiger partial charge in [0, 0.05) is 17.8 Å². The van der Waals surface area contributed by atoms with Crippen LogP contribution in [0, 0.1) is 5.92 Å². The van der Waals surface area contributed by atoms with Crippen LogP contribution in [-0.4, -0.2) is 32.3 Å². The highest BCUT2D eigenvalue weighted by Crippen LogP contribution is 2.28. The van der Waals surface area contributed by atoms with E-state index in [-0.39, 0.29) is 9.23 Å². The van der Waals surface area contributed by atoms with Crippen LogP contribution in [-0.2, 0) is 10.0 Å². The van der Waals surface area contributed by atoms with Gasteiger partial charge in [-0.2, -0.15) is 13.2 Å². The summed E-state index contributed by atoms with van der Waals surface area (Å²) < 4.78 is 62.7. The van der Waals surface area contributed by atoms with Gasteiger partial charge >= 0.3 is 6.18 Å². The zero-order valence-corrected chi connectivity index (χ0v) is 12.7. The van der Waals surface area contributed by atoms with Gasteiger partial charge in [-0.05, 0) is 12.0 Å². The Morgan fingerprint density at radius 3 is 2.50 bits per heavy atom. The molecule has 0 aliphatic heterocycles. The van der Waals surface area contributed by atoms with Gasteiger partial charge in [0.15, 0.2) is 0 Å². The minimum Gasteiger partial charge on any atom is -0.395 e. The highest BCUT2D eigenvalue weighted by atomic mass is 35.5. The molecule has 0 fully saturated rings. The summed E-state index contributed by atoms with van der Waals surface area (Å²) >= 11 is 6.45. The largest absolute Gasteiger partial charge is 0.395 e. The number of sulfonamides is 1. The van der Waals surface area contributed by atoms with Crippen LogP contribution in [0.2, 0.25) is 5.02 Å². The molecule has 1 aromatic heterocycles. The maximum Gasteiger partial charge on any atom is 0.389 e. The third kappa shape index (κ3) is 5.21. The van der Waals surface area contributed by atoms with E-state index in [0.717, 1.165) is 11.3 Å². The van der Waals surface area contributed by atoms with E-state index in [1.807, 2.05) is 0 Å². The first-order valence-corrected chi connectivity index (χ1v) is 8.23. The molecule has 2 N–H and O–H groups in total. The molecule has 2 atom stereocenters. The summed E-state index contributed by atoms with van der Waals surface area (Å²) in [5.74, 6) is -1.09. The lowest BCUT2D eigenvalue weighted by atomic mass is 10.00. The van der Waals surface area contributed by atoms with E-state index >= 15 is 0 Å². The van der Waals surface area contributed by atoms with Crippen LogP contribution in [0.25, 0.3) is 0 Å². The van der Waals surface area contributed by atoms with Crippen molar-refractivity contribution in [2.45, 2.75) is 29.8 Å². The Hall–Kier alpha value is -0.350. The number of aliphatic hydroxyl groups excluding tert-OH is 1. The summed E-state index contributed by atoms with van der Waals surface area (Å²) in [7, 11) is -3.99. The molecule has 0 amide bonds. The predicted molar refractivity (Wildman–Crippen MR) is 70.4 cm³/mol. The number of hydrogen-bond acceptors (Lipinski definition) is 4. The van der Waals surface area contributed by atoms with Crippen LogP contribution in [0.5, 0.6) is 0 Å². The summed E-state index contributed by atoms with van der Waals surface area (Å²) in [5.41, 5.74) is 0. The van der Waals surface area contributed by atoms with Gasteiger partial charge in [-0.25, -0.2) is 13.1 Å². The summed E-state index contributed by atoms with van der Waals surface area (Å²) in [6.07, 6.45) is -5.61. The van der Waals surface area contributed by atoms with Gasteiger partial charge in [0.2, 0.25) is 10.0 Å². The van der Waals surface area contributed by atoms with Crippen LogP contribution in [0.1, 0.15) is 13.3 Å². The molecule has 4 nitrogen and oxygen atoms in total. The van der Waals surface area contributed by atoms with E-state index in [2.05, 4.69) is 4.72 Å². The lowest BCUT2D eigenvalue weighted by molar-refractivity contribution is -0.145. The maximum atomic E-state index is 12.3. The second-order valence-electron chi connectivity index (χ2n) is 4.29. The van der Waals surface area contributed by atoms with E-state index in [9.17, 15) is 21.6 Å². The van der Waals surface area contributed by atoms with Gasteiger partial charge in [0.1, 0.15) is 4.21 Å². The highest BCUT2D eigenvalue weighted by molar-refractivity contribution is 7.91. The first-order chi connectivity index (χ1) is 9.05. The number of rotatable bonds is 6. The Kier molecular flexibility index (Phi) is 5.85. The Bertz CT molecular complexity index is 544. The van der Waals surface area contributed by atoms with Gasteiger partial charge in [0.05, 0.1) is 11.6 Å². The molecular formula is C10H13ClF3NO3S2. The standard InChI is InChI=1S/C10H13ClF3NO3S2/c1-6(3-10(12,13)14)8(4-16)15-20(17,18)9-2-7(11)5-19-9/h2,5-6,8,15-16H,3-4H2,1H3/t6-,8-/m1/s1. The Labute approximate surface area is 123 Å². The number of nitrogens with one attached hydrogen (secondary N) is 1. The van der Waals surface area contributed by atoms with Crippen LogP contribution >= 0.6 is 22.9 Å². The number of alkyl halides is 3. The van der Waals surface area contributed by atoms with Crippen molar-refractivity contribution in [1.82, 2.24) is 4.72 Å². The van der Waals surface area contributed by atoms with E-state index < -0.39 is 41.2 Å². The quantitative estimate of drug-likeness (QED) is 0.828. The van der Waals surface area contributed by atoms with Crippen LogP contribution in [0.3, 0.4) is 0 Å². The number of halogens is 4. The zero-order valence-electron chi connectivity index (χ0n) is 10.3.